The molecule has 1 unspecified atom stereocenters. The summed E-state index contributed by atoms with van der Waals surface area (Å²) in [6.45, 7) is 2.09. The fourth-order valence-corrected chi connectivity index (χ4v) is 2.16. The zero-order chi connectivity index (χ0) is 13.0. The highest BCUT2D eigenvalue weighted by Crippen LogP contribution is 2.30. The smallest absolute Gasteiger partial charge is 0.123 e. The first-order chi connectivity index (χ1) is 8.77. The normalized spacial score (nSPS) is 12.2. The molecule has 1 aromatic heterocycles. The molecule has 3 nitrogen and oxygen atoms in total. The minimum absolute atomic E-state index is 0.0925. The topological polar surface area (TPSA) is 34.2 Å². The maximum absolute atomic E-state index is 5.43. The number of benzene rings is 1. The van der Waals surface area contributed by atoms with Crippen molar-refractivity contribution in [3.63, 3.8) is 0 Å². The summed E-state index contributed by atoms with van der Waals surface area (Å²) >= 11 is 0. The van der Waals surface area contributed by atoms with Crippen LogP contribution in [0.4, 0.5) is 0 Å². The average Bonchev–Trinajstić information content (AvgIpc) is 2.42. The number of aryl methyl sites for hydroxylation is 1. The van der Waals surface area contributed by atoms with Gasteiger partial charge in [0, 0.05) is 18.0 Å². The molecule has 0 aliphatic rings. The van der Waals surface area contributed by atoms with E-state index in [1.54, 1.807) is 7.11 Å². The van der Waals surface area contributed by atoms with Crippen LogP contribution < -0.4 is 10.1 Å². The van der Waals surface area contributed by atoms with Crippen molar-refractivity contribution in [2.75, 3.05) is 14.2 Å². The second-order valence-corrected chi connectivity index (χ2v) is 4.20. The fraction of sp³-hybridized carbons (Fsp3) is 0.267. The summed E-state index contributed by atoms with van der Waals surface area (Å²) in [4.78, 5) is 4.21. The Bertz CT molecular complexity index is 525. The minimum atomic E-state index is 0.0925. The standard InChI is InChI=1S/C15H18N2O/c1-11-8-9-17-10-13(11)15(16-2)12-6-4-5-7-14(12)18-3/h4-10,15-16H,1-3H3. The molecule has 0 fully saturated rings. The zero-order valence-corrected chi connectivity index (χ0v) is 11.0. The predicted octanol–water partition coefficient (Wildman–Crippen LogP) is 2.71. The number of pyridine rings is 1. The molecule has 2 aromatic rings. The second-order valence-electron chi connectivity index (χ2n) is 4.20. The Morgan fingerprint density at radius 2 is 1.94 bits per heavy atom. The third-order valence-corrected chi connectivity index (χ3v) is 3.13. The molecule has 1 aromatic carbocycles. The van der Waals surface area contributed by atoms with Gasteiger partial charge in [-0.15, -0.1) is 0 Å². The van der Waals surface area contributed by atoms with E-state index in [1.165, 1.54) is 11.1 Å². The largest absolute Gasteiger partial charge is 0.496 e. The lowest BCUT2D eigenvalue weighted by Gasteiger charge is -2.21. The molecular formula is C15H18N2O. The summed E-state index contributed by atoms with van der Waals surface area (Å²) in [5.74, 6) is 0.889. The van der Waals surface area contributed by atoms with Gasteiger partial charge in [0.05, 0.1) is 13.2 Å². The van der Waals surface area contributed by atoms with Gasteiger partial charge in [0.1, 0.15) is 5.75 Å². The molecule has 0 aliphatic carbocycles. The summed E-state index contributed by atoms with van der Waals surface area (Å²) in [5.41, 5.74) is 3.51. The minimum Gasteiger partial charge on any atom is -0.496 e. The van der Waals surface area contributed by atoms with Crippen LogP contribution in [0.2, 0.25) is 0 Å². The molecule has 0 bridgehead atoms. The highest BCUT2D eigenvalue weighted by molar-refractivity contribution is 5.42. The molecule has 1 N–H and O–H groups in total. The molecule has 1 heterocycles. The Morgan fingerprint density at radius 3 is 2.61 bits per heavy atom. The third kappa shape index (κ3) is 2.36. The van der Waals surface area contributed by atoms with Crippen molar-refractivity contribution in [1.29, 1.82) is 0 Å². The number of nitrogens with one attached hydrogen (secondary N) is 1. The molecule has 0 saturated carbocycles. The van der Waals surface area contributed by atoms with E-state index in [0.29, 0.717) is 0 Å². The quantitative estimate of drug-likeness (QED) is 0.895. The van der Waals surface area contributed by atoms with E-state index >= 15 is 0 Å². The Kier molecular flexibility index (Phi) is 3.95. The maximum atomic E-state index is 5.43. The van der Waals surface area contributed by atoms with Crippen LogP contribution in [0.5, 0.6) is 5.75 Å². The van der Waals surface area contributed by atoms with Crippen LogP contribution >= 0.6 is 0 Å². The Morgan fingerprint density at radius 1 is 1.17 bits per heavy atom. The molecule has 0 radical (unpaired) electrons. The van der Waals surface area contributed by atoms with E-state index in [0.717, 1.165) is 11.3 Å². The summed E-state index contributed by atoms with van der Waals surface area (Å²) in [6, 6.07) is 10.2. The molecule has 0 amide bonds. The molecule has 1 atom stereocenters. The number of methoxy groups -OCH3 is 1. The molecule has 94 valence electrons. The van der Waals surface area contributed by atoms with Gasteiger partial charge in [0.15, 0.2) is 0 Å². The number of ether oxygens (including phenoxy) is 1. The summed E-state index contributed by atoms with van der Waals surface area (Å²) in [7, 11) is 3.64. The van der Waals surface area contributed by atoms with Gasteiger partial charge in [-0.3, -0.25) is 4.98 Å². The Labute approximate surface area is 108 Å². The number of para-hydroxylation sites is 1. The van der Waals surface area contributed by atoms with E-state index in [1.807, 2.05) is 43.7 Å². The van der Waals surface area contributed by atoms with Gasteiger partial charge >= 0.3 is 0 Å². The maximum Gasteiger partial charge on any atom is 0.123 e. The highest BCUT2D eigenvalue weighted by atomic mass is 16.5. The average molecular weight is 242 g/mol. The van der Waals surface area contributed by atoms with Gasteiger partial charge in [-0.25, -0.2) is 0 Å². The van der Waals surface area contributed by atoms with Crippen LogP contribution in [0.3, 0.4) is 0 Å². The number of nitrogens with zero attached hydrogens (tertiary/aromatic N) is 1. The summed E-state index contributed by atoms with van der Waals surface area (Å²) < 4.78 is 5.43. The van der Waals surface area contributed by atoms with Crippen molar-refractivity contribution in [3.05, 3.63) is 59.4 Å². The van der Waals surface area contributed by atoms with Crippen LogP contribution in [-0.2, 0) is 0 Å². The van der Waals surface area contributed by atoms with Gasteiger partial charge in [-0.05, 0) is 37.2 Å². The predicted molar refractivity (Wildman–Crippen MR) is 72.9 cm³/mol. The van der Waals surface area contributed by atoms with E-state index in [4.69, 9.17) is 4.74 Å². The van der Waals surface area contributed by atoms with Gasteiger partial charge in [0.2, 0.25) is 0 Å². The van der Waals surface area contributed by atoms with E-state index < -0.39 is 0 Å². The van der Waals surface area contributed by atoms with Crippen molar-refractivity contribution in [2.45, 2.75) is 13.0 Å². The van der Waals surface area contributed by atoms with Crippen LogP contribution in [0.15, 0.2) is 42.7 Å². The third-order valence-electron chi connectivity index (χ3n) is 3.13. The molecule has 0 saturated heterocycles. The van der Waals surface area contributed by atoms with Gasteiger partial charge in [-0.2, -0.15) is 0 Å². The monoisotopic (exact) mass is 242 g/mol. The van der Waals surface area contributed by atoms with E-state index in [9.17, 15) is 0 Å². The van der Waals surface area contributed by atoms with Crippen molar-refractivity contribution in [3.8, 4) is 5.75 Å². The number of hydrogen-bond donors (Lipinski definition) is 1. The molecule has 0 spiro atoms. The lowest BCUT2D eigenvalue weighted by atomic mass is 9.96. The fourth-order valence-electron chi connectivity index (χ4n) is 2.16. The zero-order valence-electron chi connectivity index (χ0n) is 11.0. The number of hydrogen-bond acceptors (Lipinski definition) is 3. The Hall–Kier alpha value is -1.87. The number of rotatable bonds is 4. The number of aromatic nitrogens is 1. The van der Waals surface area contributed by atoms with Crippen molar-refractivity contribution < 1.29 is 4.74 Å². The highest BCUT2D eigenvalue weighted by Gasteiger charge is 2.17. The lowest BCUT2D eigenvalue weighted by molar-refractivity contribution is 0.405. The first-order valence-corrected chi connectivity index (χ1v) is 5.98. The van der Waals surface area contributed by atoms with Crippen LogP contribution in [0.1, 0.15) is 22.7 Å². The first-order valence-electron chi connectivity index (χ1n) is 5.98. The van der Waals surface area contributed by atoms with Gasteiger partial charge in [0.25, 0.3) is 0 Å². The molecule has 0 aliphatic heterocycles. The summed E-state index contributed by atoms with van der Waals surface area (Å²) in [5, 5.41) is 3.33. The molecule has 18 heavy (non-hydrogen) atoms. The summed E-state index contributed by atoms with van der Waals surface area (Å²) in [6.07, 6.45) is 3.72. The van der Waals surface area contributed by atoms with Crippen molar-refractivity contribution in [1.82, 2.24) is 10.3 Å². The van der Waals surface area contributed by atoms with E-state index in [2.05, 4.69) is 23.3 Å². The molecule has 3 heteroatoms. The second kappa shape index (κ2) is 5.65. The van der Waals surface area contributed by atoms with Crippen molar-refractivity contribution >= 4 is 0 Å². The first kappa shape index (κ1) is 12.6. The van der Waals surface area contributed by atoms with Crippen molar-refractivity contribution in [2.24, 2.45) is 0 Å². The molecule has 2 rings (SSSR count). The Balaban J connectivity index is 2.49. The van der Waals surface area contributed by atoms with Crippen LogP contribution in [0.25, 0.3) is 0 Å². The van der Waals surface area contributed by atoms with E-state index in [-0.39, 0.29) is 6.04 Å². The SMILES string of the molecule is CNC(c1cnccc1C)c1ccccc1OC. The van der Waals surface area contributed by atoms with Crippen LogP contribution in [0, 0.1) is 6.92 Å². The van der Waals surface area contributed by atoms with Gasteiger partial charge in [-0.1, -0.05) is 18.2 Å². The lowest BCUT2D eigenvalue weighted by Crippen LogP contribution is -2.19. The molecular weight excluding hydrogens is 224 g/mol. The van der Waals surface area contributed by atoms with Gasteiger partial charge < -0.3 is 10.1 Å². The van der Waals surface area contributed by atoms with Crippen LogP contribution in [-0.4, -0.2) is 19.1 Å².